The van der Waals surface area contributed by atoms with Crippen LogP contribution in [-0.4, -0.2) is 21.1 Å². The van der Waals surface area contributed by atoms with Gasteiger partial charge in [-0.3, -0.25) is 4.79 Å². The molecule has 0 bridgehead atoms. The molecule has 0 radical (unpaired) electrons. The topological polar surface area (TPSA) is 84.8 Å². The zero-order valence-electron chi connectivity index (χ0n) is 13.1. The summed E-state index contributed by atoms with van der Waals surface area (Å²) >= 11 is 0. The van der Waals surface area contributed by atoms with Gasteiger partial charge in [-0.2, -0.15) is 0 Å². The van der Waals surface area contributed by atoms with E-state index in [9.17, 15) is 15.0 Å². The average molecular weight is 333 g/mol. The third kappa shape index (κ3) is 2.54. The highest BCUT2D eigenvalue weighted by Crippen LogP contribution is 2.33. The molecule has 0 spiro atoms. The lowest BCUT2D eigenvalue weighted by Crippen LogP contribution is -2.40. The molecule has 1 heterocycles. The minimum absolute atomic E-state index is 0.0934. The molecule has 124 valence electrons. The van der Waals surface area contributed by atoms with Gasteiger partial charge in [0.25, 0.3) is 5.91 Å². The van der Waals surface area contributed by atoms with Gasteiger partial charge in [-0.15, -0.1) is 5.53 Å². The number of carbonyl (C=O) groups is 1. The summed E-state index contributed by atoms with van der Waals surface area (Å²) in [5, 5.41) is 23.2. The first-order valence-electron chi connectivity index (χ1n) is 7.71. The highest BCUT2D eigenvalue weighted by molar-refractivity contribution is 6.00. The lowest BCUT2D eigenvalue weighted by atomic mass is 10.0. The molecule has 0 aliphatic carbocycles. The van der Waals surface area contributed by atoms with Crippen molar-refractivity contribution in [2.45, 2.75) is 0 Å². The van der Waals surface area contributed by atoms with Gasteiger partial charge in [-0.05, 0) is 29.0 Å². The van der Waals surface area contributed by atoms with Crippen molar-refractivity contribution in [1.82, 2.24) is 16.0 Å². The summed E-state index contributed by atoms with van der Waals surface area (Å²) in [6, 6.07) is 17.4. The Balaban J connectivity index is 1.74. The molecule has 0 saturated carbocycles. The Morgan fingerprint density at radius 2 is 1.64 bits per heavy atom. The van der Waals surface area contributed by atoms with Crippen molar-refractivity contribution in [3.05, 3.63) is 78.0 Å². The van der Waals surface area contributed by atoms with Crippen molar-refractivity contribution in [2.75, 3.05) is 0 Å². The number of amides is 1. The maximum absolute atomic E-state index is 12.5. The van der Waals surface area contributed by atoms with Gasteiger partial charge >= 0.3 is 0 Å². The molecule has 3 aromatic rings. The van der Waals surface area contributed by atoms with E-state index in [1.807, 2.05) is 30.3 Å². The molecule has 1 aliphatic heterocycles. The van der Waals surface area contributed by atoms with Gasteiger partial charge in [0.05, 0.1) is 23.0 Å². The van der Waals surface area contributed by atoms with E-state index >= 15 is 0 Å². The van der Waals surface area contributed by atoms with Crippen molar-refractivity contribution < 1.29 is 15.0 Å². The summed E-state index contributed by atoms with van der Waals surface area (Å²) < 4.78 is 0. The van der Waals surface area contributed by atoms with Crippen LogP contribution in [0.5, 0.6) is 11.5 Å². The van der Waals surface area contributed by atoms with Crippen LogP contribution in [0.3, 0.4) is 0 Å². The van der Waals surface area contributed by atoms with Crippen molar-refractivity contribution in [2.24, 2.45) is 0 Å². The molecule has 6 heteroatoms. The third-order valence-electron chi connectivity index (χ3n) is 4.10. The zero-order chi connectivity index (χ0) is 17.4. The standard InChI is InChI=1S/C19H15N3O3/c23-16-8-4-3-7-14(16)19(25)22-11-15(20-21-22)18-13-6-2-1-5-12(13)9-10-17(18)24/h1-11,20-21,23-24H. The SMILES string of the molecule is O=C(c1ccccc1O)N1C=C(c2c(O)ccc3ccccc23)NN1. The third-order valence-corrected chi connectivity index (χ3v) is 4.10. The number of aromatic hydroxyl groups is 2. The Morgan fingerprint density at radius 1 is 0.880 bits per heavy atom. The molecule has 4 N–H and O–H groups in total. The molecular weight excluding hydrogens is 318 g/mol. The Hall–Kier alpha value is -3.51. The summed E-state index contributed by atoms with van der Waals surface area (Å²) in [5.74, 6) is -0.402. The number of nitrogens with zero attached hydrogens (tertiary/aromatic N) is 1. The van der Waals surface area contributed by atoms with Crippen molar-refractivity contribution in [3.8, 4) is 11.5 Å². The average Bonchev–Trinajstić information content (AvgIpc) is 3.11. The minimum Gasteiger partial charge on any atom is -0.507 e. The van der Waals surface area contributed by atoms with E-state index in [1.54, 1.807) is 30.5 Å². The van der Waals surface area contributed by atoms with Gasteiger partial charge in [0.15, 0.2) is 0 Å². The van der Waals surface area contributed by atoms with E-state index in [1.165, 1.54) is 11.1 Å². The number of para-hydroxylation sites is 1. The molecule has 0 fully saturated rings. The monoisotopic (exact) mass is 333 g/mol. The summed E-state index contributed by atoms with van der Waals surface area (Å²) in [4.78, 5) is 12.5. The van der Waals surface area contributed by atoms with Crippen LogP contribution in [0.1, 0.15) is 15.9 Å². The Morgan fingerprint density at radius 3 is 2.48 bits per heavy atom. The number of carbonyl (C=O) groups excluding carboxylic acids is 1. The normalized spacial score (nSPS) is 13.6. The van der Waals surface area contributed by atoms with Crippen LogP contribution >= 0.6 is 0 Å². The summed E-state index contributed by atoms with van der Waals surface area (Å²) in [5.41, 5.74) is 6.97. The van der Waals surface area contributed by atoms with Crippen LogP contribution in [0.15, 0.2) is 66.9 Å². The highest BCUT2D eigenvalue weighted by atomic mass is 16.3. The number of phenols is 2. The number of rotatable bonds is 2. The predicted molar refractivity (Wildman–Crippen MR) is 94.1 cm³/mol. The fourth-order valence-electron chi connectivity index (χ4n) is 2.88. The molecule has 3 aromatic carbocycles. The number of phenolic OH excluding ortho intramolecular Hbond substituents is 2. The minimum atomic E-state index is -0.416. The molecule has 0 atom stereocenters. The first-order valence-corrected chi connectivity index (χ1v) is 7.71. The van der Waals surface area contributed by atoms with Gasteiger partial charge in [0.1, 0.15) is 11.5 Å². The number of fused-ring (bicyclic) bond motifs is 1. The number of hydrogen-bond acceptors (Lipinski definition) is 5. The van der Waals surface area contributed by atoms with Crippen LogP contribution < -0.4 is 11.0 Å². The van der Waals surface area contributed by atoms with Crippen LogP contribution in [0.4, 0.5) is 0 Å². The molecule has 0 unspecified atom stereocenters. The lowest BCUT2D eigenvalue weighted by Gasteiger charge is -2.13. The Kier molecular flexibility index (Phi) is 3.52. The number of hydrogen-bond donors (Lipinski definition) is 4. The number of nitrogens with one attached hydrogen (secondary N) is 2. The molecule has 4 rings (SSSR count). The van der Waals surface area contributed by atoms with Gasteiger partial charge < -0.3 is 15.6 Å². The van der Waals surface area contributed by atoms with Crippen molar-refractivity contribution in [3.63, 3.8) is 0 Å². The second kappa shape index (κ2) is 5.85. The molecule has 1 amide bonds. The maximum atomic E-state index is 12.5. The van der Waals surface area contributed by atoms with Crippen molar-refractivity contribution >= 4 is 22.4 Å². The van der Waals surface area contributed by atoms with Crippen molar-refractivity contribution in [1.29, 1.82) is 0 Å². The molecule has 25 heavy (non-hydrogen) atoms. The molecule has 1 aliphatic rings. The Labute approximate surface area is 143 Å². The van der Waals surface area contributed by atoms with Crippen LogP contribution in [0.25, 0.3) is 16.5 Å². The zero-order valence-corrected chi connectivity index (χ0v) is 13.1. The fourth-order valence-corrected chi connectivity index (χ4v) is 2.88. The van der Waals surface area contributed by atoms with E-state index in [4.69, 9.17) is 0 Å². The van der Waals surface area contributed by atoms with Crippen LogP contribution in [0.2, 0.25) is 0 Å². The Bertz CT molecular complexity index is 1010. The first-order chi connectivity index (χ1) is 12.1. The second-order valence-electron chi connectivity index (χ2n) is 5.65. The van der Waals surface area contributed by atoms with E-state index in [0.29, 0.717) is 11.3 Å². The molecule has 6 nitrogen and oxygen atoms in total. The van der Waals surface area contributed by atoms with Gasteiger partial charge in [0.2, 0.25) is 0 Å². The second-order valence-corrected chi connectivity index (χ2v) is 5.65. The van der Waals surface area contributed by atoms with E-state index in [2.05, 4.69) is 11.0 Å². The highest BCUT2D eigenvalue weighted by Gasteiger charge is 2.24. The molecule has 0 aromatic heterocycles. The van der Waals surface area contributed by atoms with Crippen LogP contribution in [-0.2, 0) is 0 Å². The summed E-state index contributed by atoms with van der Waals surface area (Å²) in [6.07, 6.45) is 1.55. The van der Waals surface area contributed by atoms with E-state index < -0.39 is 5.91 Å². The summed E-state index contributed by atoms with van der Waals surface area (Å²) in [6.45, 7) is 0. The largest absolute Gasteiger partial charge is 0.507 e. The molecule has 0 saturated heterocycles. The van der Waals surface area contributed by atoms with Gasteiger partial charge in [-0.1, -0.05) is 42.5 Å². The maximum Gasteiger partial charge on any atom is 0.277 e. The van der Waals surface area contributed by atoms with Gasteiger partial charge in [-0.25, -0.2) is 5.01 Å². The lowest BCUT2D eigenvalue weighted by molar-refractivity contribution is 0.0756. The molecular formula is C19H15N3O3. The summed E-state index contributed by atoms with van der Waals surface area (Å²) in [7, 11) is 0. The van der Waals surface area contributed by atoms with Gasteiger partial charge in [0, 0.05) is 0 Å². The first kappa shape index (κ1) is 15.0. The quantitative estimate of drug-likeness (QED) is 0.579. The van der Waals surface area contributed by atoms with E-state index in [0.717, 1.165) is 10.8 Å². The van der Waals surface area contributed by atoms with E-state index in [-0.39, 0.29) is 17.1 Å². The van der Waals surface area contributed by atoms with Crippen LogP contribution in [0, 0.1) is 0 Å². The predicted octanol–water partition coefficient (Wildman–Crippen LogP) is 2.71. The number of hydrazine groups is 2. The fraction of sp³-hybridized carbons (Fsp3) is 0. The smallest absolute Gasteiger partial charge is 0.277 e. The number of benzene rings is 3.